The molecule has 4 saturated heterocycles. The zero-order chi connectivity index (χ0) is 64.5. The fourth-order valence-electron chi connectivity index (χ4n) is 11.5. The summed E-state index contributed by atoms with van der Waals surface area (Å²) in [7, 11) is 0. The summed E-state index contributed by atoms with van der Waals surface area (Å²) in [6.07, 6.45) is 11.6. The number of ether oxygens (including phenoxy) is 1. The molecular formula is C75H115N7O6. The normalized spacial score (nSPS) is 17.2. The number of rotatable bonds is 19. The molecule has 13 nitrogen and oxygen atoms in total. The fourth-order valence-corrected chi connectivity index (χ4v) is 11.5. The molecule has 4 aliphatic rings. The molecule has 0 aromatic heterocycles. The van der Waals surface area contributed by atoms with E-state index in [2.05, 4.69) is 153 Å². The summed E-state index contributed by atoms with van der Waals surface area (Å²) in [6, 6.07) is 32.8. The van der Waals surface area contributed by atoms with Crippen LogP contribution in [0.25, 0.3) is 0 Å². The van der Waals surface area contributed by atoms with Crippen LogP contribution in [0.1, 0.15) is 231 Å². The number of benzene rings is 4. The molecule has 13 heteroatoms. The van der Waals surface area contributed by atoms with Crippen molar-refractivity contribution in [2.75, 3.05) is 105 Å². The van der Waals surface area contributed by atoms with Crippen molar-refractivity contribution in [3.05, 3.63) is 142 Å². The lowest BCUT2D eigenvalue weighted by Crippen LogP contribution is -2.48. The van der Waals surface area contributed by atoms with E-state index in [1.165, 1.54) is 54.5 Å². The van der Waals surface area contributed by atoms with Crippen LogP contribution < -0.4 is 10.6 Å². The Kier molecular flexibility index (Phi) is 29.5. The van der Waals surface area contributed by atoms with E-state index in [0.717, 1.165) is 147 Å². The summed E-state index contributed by atoms with van der Waals surface area (Å²) in [5.41, 5.74) is 8.42. The second-order valence-corrected chi connectivity index (χ2v) is 28.7. The number of likely N-dealkylation sites (tertiary alicyclic amines) is 2. The number of nitrogens with one attached hydrogen (secondary N) is 2. The topological polar surface area (TPSA) is 135 Å². The first-order valence-corrected chi connectivity index (χ1v) is 33.5. The van der Waals surface area contributed by atoms with Gasteiger partial charge in [0.1, 0.15) is 0 Å². The SMILES string of the molecule is CC(C)(C)c1ccc(C(=O)NCCCN2CCCC2=O)cc1.CC(C)(C)c1cccc(C(=O)NCCCN2CCOCC2)c1.CCC1CCCCN1CCCCC(=O)c1ccc(C(C)(C)C)cc1.CCN1CCN(C(=O)c2cccc(C(C)(C)C)c2)CC1. The number of piperazine rings is 1. The fraction of sp³-hybridized carbons (Fsp3) is 0.613. The second-order valence-electron chi connectivity index (χ2n) is 28.7. The highest BCUT2D eigenvalue weighted by atomic mass is 16.5. The average molecular weight is 1210 g/mol. The number of nitrogens with zero attached hydrogens (tertiary/aromatic N) is 5. The molecule has 0 aliphatic carbocycles. The minimum atomic E-state index is -0.0480. The molecule has 2 N–H and O–H groups in total. The molecule has 4 aromatic rings. The smallest absolute Gasteiger partial charge is 0.253 e. The van der Waals surface area contributed by atoms with Gasteiger partial charge < -0.3 is 35.0 Å². The van der Waals surface area contributed by atoms with Gasteiger partial charge in [-0.3, -0.25) is 28.9 Å². The number of carbonyl (C=O) groups is 5. The number of Topliss-reactive ketones (excluding diaryl/α,β-unsaturated/α-hetero) is 1. The lowest BCUT2D eigenvalue weighted by Gasteiger charge is -2.35. The van der Waals surface area contributed by atoms with Crippen LogP contribution in [0, 0.1) is 0 Å². The molecule has 4 aromatic carbocycles. The number of unbranched alkanes of at least 4 members (excludes halogenated alkanes) is 1. The monoisotopic (exact) mass is 1210 g/mol. The number of hydrogen-bond donors (Lipinski definition) is 2. The van der Waals surface area contributed by atoms with Crippen molar-refractivity contribution in [2.45, 2.75) is 195 Å². The lowest BCUT2D eigenvalue weighted by molar-refractivity contribution is -0.127. The molecule has 4 fully saturated rings. The minimum absolute atomic E-state index is 0.0214. The van der Waals surface area contributed by atoms with Gasteiger partial charge in [-0.2, -0.15) is 0 Å². The number of likely N-dealkylation sites (N-methyl/N-ethyl adjacent to an activating group) is 1. The Bertz CT molecular complexity index is 2750. The number of carbonyl (C=O) groups excluding carboxylic acids is 5. The summed E-state index contributed by atoms with van der Waals surface area (Å²) in [6.45, 7) is 45.3. The van der Waals surface area contributed by atoms with Crippen LogP contribution in [0.15, 0.2) is 97.1 Å². The molecule has 0 saturated carbocycles. The second kappa shape index (κ2) is 35.6. The number of amides is 4. The van der Waals surface area contributed by atoms with Crippen LogP contribution in [0.4, 0.5) is 0 Å². The minimum Gasteiger partial charge on any atom is -0.379 e. The van der Waals surface area contributed by atoms with E-state index in [9.17, 15) is 24.0 Å². The zero-order valence-electron chi connectivity index (χ0n) is 57.1. The first-order chi connectivity index (χ1) is 41.7. The van der Waals surface area contributed by atoms with E-state index >= 15 is 0 Å². The first-order valence-electron chi connectivity index (χ1n) is 33.5. The highest BCUT2D eigenvalue weighted by Gasteiger charge is 2.25. The van der Waals surface area contributed by atoms with Crippen molar-refractivity contribution in [2.24, 2.45) is 0 Å². The Morgan fingerprint density at radius 3 is 1.55 bits per heavy atom. The molecule has 0 spiro atoms. The Labute approximate surface area is 532 Å². The lowest BCUT2D eigenvalue weighted by atomic mass is 9.86. The summed E-state index contributed by atoms with van der Waals surface area (Å²) in [5, 5.41) is 5.94. The van der Waals surface area contributed by atoms with Gasteiger partial charge in [0.05, 0.1) is 13.2 Å². The summed E-state index contributed by atoms with van der Waals surface area (Å²) >= 11 is 0. The van der Waals surface area contributed by atoms with Gasteiger partial charge >= 0.3 is 0 Å². The molecule has 486 valence electrons. The molecule has 8 rings (SSSR count). The molecule has 4 amide bonds. The maximum atomic E-state index is 12.6. The molecule has 0 bridgehead atoms. The van der Waals surface area contributed by atoms with Gasteiger partial charge in [-0.05, 0) is 158 Å². The van der Waals surface area contributed by atoms with Gasteiger partial charge in [-0.1, -0.05) is 164 Å². The first kappa shape index (κ1) is 73.0. The molecule has 4 heterocycles. The van der Waals surface area contributed by atoms with E-state index in [0.29, 0.717) is 30.7 Å². The van der Waals surface area contributed by atoms with Crippen molar-refractivity contribution in [3.63, 3.8) is 0 Å². The maximum Gasteiger partial charge on any atom is 0.253 e. The van der Waals surface area contributed by atoms with Crippen LogP contribution in [0.3, 0.4) is 0 Å². The standard InChI is InChI=1S/C22H35NO.C18H26N2O2.C18H28N2O2.C17H26N2O/c1-5-20-10-6-8-16-23(20)17-9-7-11-21(24)18-12-14-19(15-13-18)22(2,3)4;1-18(2,3)15-9-7-14(8-10-15)17(22)19-11-5-13-20-12-4-6-16(20)21;1-18(2,3)16-7-4-6-15(14-16)17(21)19-8-5-9-20-10-12-22-13-11-20;1-5-18-9-11-19(12-10-18)16(20)14-7-6-8-15(13-14)17(2,3)4/h12-15,20H,5-11,16-17H2,1-4H3;7-10H,4-6,11-13H2,1-3H3,(H,19,22);4,6-7,14H,5,8-13H2,1-3H3,(H,19,21);6-8,13H,5,9-12H2,1-4H3. The van der Waals surface area contributed by atoms with Gasteiger partial charge in [-0.15, -0.1) is 0 Å². The Hall–Kier alpha value is -5.73. The third-order valence-corrected chi connectivity index (χ3v) is 17.6. The Morgan fingerprint density at radius 2 is 1.02 bits per heavy atom. The Morgan fingerprint density at radius 1 is 0.500 bits per heavy atom. The highest BCUT2D eigenvalue weighted by Crippen LogP contribution is 2.27. The number of piperidine rings is 1. The van der Waals surface area contributed by atoms with Crippen LogP contribution in [-0.4, -0.2) is 165 Å². The van der Waals surface area contributed by atoms with Crippen LogP contribution >= 0.6 is 0 Å². The van der Waals surface area contributed by atoms with Crippen molar-refractivity contribution in [1.29, 1.82) is 0 Å². The molecular weight excluding hydrogens is 1090 g/mol. The summed E-state index contributed by atoms with van der Waals surface area (Å²) in [5.74, 6) is 0.679. The quantitative estimate of drug-likeness (QED) is 0.0695. The number of morpholine rings is 1. The van der Waals surface area contributed by atoms with Crippen LogP contribution in [0.2, 0.25) is 0 Å². The van der Waals surface area contributed by atoms with E-state index in [4.69, 9.17) is 4.74 Å². The van der Waals surface area contributed by atoms with Gasteiger partial charge in [0, 0.05) is 107 Å². The van der Waals surface area contributed by atoms with Crippen LogP contribution in [0.5, 0.6) is 0 Å². The highest BCUT2D eigenvalue weighted by molar-refractivity contribution is 5.96. The number of ketones is 1. The van der Waals surface area contributed by atoms with Gasteiger partial charge in [0.15, 0.2) is 5.78 Å². The molecule has 4 aliphatic heterocycles. The summed E-state index contributed by atoms with van der Waals surface area (Å²) in [4.78, 5) is 72.0. The van der Waals surface area contributed by atoms with Gasteiger partial charge in [0.2, 0.25) is 5.91 Å². The molecule has 0 radical (unpaired) electrons. The summed E-state index contributed by atoms with van der Waals surface area (Å²) < 4.78 is 5.33. The van der Waals surface area contributed by atoms with Crippen molar-refractivity contribution < 1.29 is 28.7 Å². The van der Waals surface area contributed by atoms with Crippen molar-refractivity contribution in [3.8, 4) is 0 Å². The van der Waals surface area contributed by atoms with Crippen molar-refractivity contribution in [1.82, 2.24) is 35.1 Å². The Balaban J connectivity index is 0.000000214. The molecule has 1 unspecified atom stereocenters. The third kappa shape index (κ3) is 24.9. The number of hydrogen-bond acceptors (Lipinski definition) is 9. The van der Waals surface area contributed by atoms with E-state index in [1.54, 1.807) is 0 Å². The van der Waals surface area contributed by atoms with E-state index < -0.39 is 0 Å². The largest absolute Gasteiger partial charge is 0.379 e. The van der Waals surface area contributed by atoms with Gasteiger partial charge in [0.25, 0.3) is 17.7 Å². The molecule has 88 heavy (non-hydrogen) atoms. The van der Waals surface area contributed by atoms with Crippen molar-refractivity contribution >= 4 is 29.4 Å². The predicted octanol–water partition coefficient (Wildman–Crippen LogP) is 13.5. The van der Waals surface area contributed by atoms with Crippen LogP contribution in [-0.2, 0) is 31.2 Å². The van der Waals surface area contributed by atoms with E-state index in [1.807, 2.05) is 76.5 Å². The predicted molar refractivity (Wildman–Crippen MR) is 363 cm³/mol. The van der Waals surface area contributed by atoms with Gasteiger partial charge in [-0.25, -0.2) is 0 Å². The third-order valence-electron chi connectivity index (χ3n) is 17.6. The maximum absolute atomic E-state index is 12.6. The average Bonchev–Trinajstić information content (AvgIpc) is 3.36. The van der Waals surface area contributed by atoms with E-state index in [-0.39, 0.29) is 45.3 Å². The zero-order valence-corrected chi connectivity index (χ0v) is 57.1. The molecule has 1 atom stereocenters.